The van der Waals surface area contributed by atoms with Crippen LogP contribution in [-0.2, 0) is 0 Å². The lowest BCUT2D eigenvalue weighted by Gasteiger charge is -2.29. The van der Waals surface area contributed by atoms with Crippen LogP contribution in [0, 0.1) is 5.92 Å². The molecule has 3 heteroatoms. The third-order valence-corrected chi connectivity index (χ3v) is 2.60. The molecule has 2 N–H and O–H groups in total. The number of benzene rings is 1. The Bertz CT molecular complexity index is 314. The van der Waals surface area contributed by atoms with Crippen LogP contribution in [0.2, 0.25) is 0 Å². The SMILES string of the molecule is CNC[C@H]1COc2ccccc2[C@H]1O. The lowest BCUT2D eigenvalue weighted by Crippen LogP contribution is -2.33. The Labute approximate surface area is 83.7 Å². The number of ether oxygens (including phenoxy) is 1. The van der Waals surface area contributed by atoms with Crippen LogP contribution in [0.3, 0.4) is 0 Å². The first-order valence-corrected chi connectivity index (χ1v) is 4.87. The molecule has 0 aliphatic carbocycles. The van der Waals surface area contributed by atoms with Crippen molar-refractivity contribution in [1.29, 1.82) is 0 Å². The highest BCUT2D eigenvalue weighted by Crippen LogP contribution is 2.34. The minimum absolute atomic E-state index is 0.148. The van der Waals surface area contributed by atoms with Gasteiger partial charge in [0.15, 0.2) is 0 Å². The molecule has 3 nitrogen and oxygen atoms in total. The fourth-order valence-corrected chi connectivity index (χ4v) is 1.83. The Morgan fingerprint density at radius 3 is 3.07 bits per heavy atom. The van der Waals surface area contributed by atoms with Gasteiger partial charge in [-0.15, -0.1) is 0 Å². The molecule has 1 aliphatic rings. The number of hydrogen-bond donors (Lipinski definition) is 2. The fraction of sp³-hybridized carbons (Fsp3) is 0.455. The van der Waals surface area contributed by atoms with Gasteiger partial charge in [-0.1, -0.05) is 18.2 Å². The molecular weight excluding hydrogens is 178 g/mol. The first-order valence-electron chi connectivity index (χ1n) is 4.87. The van der Waals surface area contributed by atoms with E-state index in [1.54, 1.807) is 0 Å². The average Bonchev–Trinajstić information content (AvgIpc) is 2.23. The molecule has 1 aromatic rings. The van der Waals surface area contributed by atoms with Crippen molar-refractivity contribution in [1.82, 2.24) is 5.32 Å². The Hall–Kier alpha value is -1.06. The molecule has 2 rings (SSSR count). The average molecular weight is 193 g/mol. The Balaban J connectivity index is 2.22. The largest absolute Gasteiger partial charge is 0.493 e. The summed E-state index contributed by atoms with van der Waals surface area (Å²) in [6.07, 6.45) is -0.410. The first kappa shape index (κ1) is 9.49. The molecule has 1 heterocycles. The first-order chi connectivity index (χ1) is 6.83. The molecule has 14 heavy (non-hydrogen) atoms. The second-order valence-corrected chi connectivity index (χ2v) is 3.61. The molecule has 76 valence electrons. The van der Waals surface area contributed by atoms with Crippen LogP contribution >= 0.6 is 0 Å². The van der Waals surface area contributed by atoms with Crippen molar-refractivity contribution in [2.45, 2.75) is 6.10 Å². The molecule has 0 unspecified atom stereocenters. The maximum absolute atomic E-state index is 10.0. The molecule has 0 saturated carbocycles. The summed E-state index contributed by atoms with van der Waals surface area (Å²) in [5.41, 5.74) is 0.902. The smallest absolute Gasteiger partial charge is 0.125 e. The van der Waals surface area contributed by atoms with E-state index in [-0.39, 0.29) is 5.92 Å². The van der Waals surface area contributed by atoms with Gasteiger partial charge in [-0.05, 0) is 13.1 Å². The van der Waals surface area contributed by atoms with E-state index < -0.39 is 6.10 Å². The zero-order valence-corrected chi connectivity index (χ0v) is 8.23. The van der Waals surface area contributed by atoms with E-state index in [4.69, 9.17) is 4.74 Å². The van der Waals surface area contributed by atoms with Crippen LogP contribution in [0.5, 0.6) is 5.75 Å². The van der Waals surface area contributed by atoms with E-state index in [0.29, 0.717) is 6.61 Å². The van der Waals surface area contributed by atoms with Gasteiger partial charge < -0.3 is 15.2 Å². The van der Waals surface area contributed by atoms with E-state index in [9.17, 15) is 5.11 Å². The number of aliphatic hydroxyl groups is 1. The van der Waals surface area contributed by atoms with Gasteiger partial charge in [0.1, 0.15) is 5.75 Å². The second kappa shape index (κ2) is 3.98. The van der Waals surface area contributed by atoms with Crippen LogP contribution < -0.4 is 10.1 Å². The summed E-state index contributed by atoms with van der Waals surface area (Å²) in [5.74, 6) is 0.960. The second-order valence-electron chi connectivity index (χ2n) is 3.61. The summed E-state index contributed by atoms with van der Waals surface area (Å²) >= 11 is 0. The lowest BCUT2D eigenvalue weighted by molar-refractivity contribution is 0.0516. The topological polar surface area (TPSA) is 41.5 Å². The highest BCUT2D eigenvalue weighted by Gasteiger charge is 2.28. The molecule has 0 amide bonds. The summed E-state index contributed by atoms with van der Waals surface area (Å²) in [4.78, 5) is 0. The molecule has 0 radical (unpaired) electrons. The number of aliphatic hydroxyl groups excluding tert-OH is 1. The van der Waals surface area contributed by atoms with Gasteiger partial charge in [-0.25, -0.2) is 0 Å². The van der Waals surface area contributed by atoms with Crippen LogP contribution in [0.25, 0.3) is 0 Å². The fourth-order valence-electron chi connectivity index (χ4n) is 1.83. The zero-order valence-electron chi connectivity index (χ0n) is 8.23. The van der Waals surface area contributed by atoms with Gasteiger partial charge in [0.25, 0.3) is 0 Å². The quantitative estimate of drug-likeness (QED) is 0.734. The standard InChI is InChI=1S/C11H15NO2/c1-12-6-8-7-14-10-5-3-2-4-9(10)11(8)13/h2-5,8,11-13H,6-7H2,1H3/t8-,11-/m0/s1. The van der Waals surface area contributed by atoms with E-state index in [0.717, 1.165) is 17.9 Å². The molecular formula is C11H15NO2. The lowest BCUT2D eigenvalue weighted by atomic mass is 9.93. The van der Waals surface area contributed by atoms with Crippen LogP contribution in [0.4, 0.5) is 0 Å². The van der Waals surface area contributed by atoms with Crippen molar-refractivity contribution in [2.24, 2.45) is 5.92 Å². The predicted molar refractivity (Wildman–Crippen MR) is 54.3 cm³/mol. The van der Waals surface area contributed by atoms with Crippen molar-refractivity contribution >= 4 is 0 Å². The summed E-state index contributed by atoms with van der Waals surface area (Å²) in [5, 5.41) is 13.1. The minimum atomic E-state index is -0.410. The van der Waals surface area contributed by atoms with Crippen LogP contribution in [0.1, 0.15) is 11.7 Å². The van der Waals surface area contributed by atoms with Gasteiger partial charge in [-0.2, -0.15) is 0 Å². The summed E-state index contributed by atoms with van der Waals surface area (Å²) in [6.45, 7) is 1.36. The minimum Gasteiger partial charge on any atom is -0.493 e. The number of rotatable bonds is 2. The van der Waals surface area contributed by atoms with E-state index in [2.05, 4.69) is 5.32 Å². The highest BCUT2D eigenvalue weighted by molar-refractivity contribution is 5.37. The molecule has 1 aliphatic heterocycles. The highest BCUT2D eigenvalue weighted by atomic mass is 16.5. The summed E-state index contributed by atoms with van der Waals surface area (Å²) in [7, 11) is 1.88. The number of fused-ring (bicyclic) bond motifs is 1. The monoisotopic (exact) mass is 193 g/mol. The molecule has 2 atom stereocenters. The van der Waals surface area contributed by atoms with Crippen LogP contribution in [0.15, 0.2) is 24.3 Å². The van der Waals surface area contributed by atoms with Crippen molar-refractivity contribution in [3.8, 4) is 5.75 Å². The van der Waals surface area contributed by atoms with Gasteiger partial charge in [0.2, 0.25) is 0 Å². The molecule has 0 spiro atoms. The number of hydrogen-bond acceptors (Lipinski definition) is 3. The van der Waals surface area contributed by atoms with E-state index >= 15 is 0 Å². The Morgan fingerprint density at radius 1 is 1.50 bits per heavy atom. The van der Waals surface area contributed by atoms with Gasteiger partial charge in [0, 0.05) is 18.0 Å². The Kier molecular flexibility index (Phi) is 2.70. The molecule has 0 saturated heterocycles. The third-order valence-electron chi connectivity index (χ3n) is 2.60. The van der Waals surface area contributed by atoms with E-state index in [1.165, 1.54) is 0 Å². The number of nitrogens with one attached hydrogen (secondary N) is 1. The van der Waals surface area contributed by atoms with Crippen molar-refractivity contribution in [2.75, 3.05) is 20.2 Å². The number of para-hydroxylation sites is 1. The Morgan fingerprint density at radius 2 is 2.29 bits per heavy atom. The normalized spacial score (nSPS) is 25.3. The molecule has 1 aromatic carbocycles. The third kappa shape index (κ3) is 1.61. The summed E-state index contributed by atoms with van der Waals surface area (Å²) < 4.78 is 5.56. The van der Waals surface area contributed by atoms with Gasteiger partial charge in [-0.3, -0.25) is 0 Å². The zero-order chi connectivity index (χ0) is 9.97. The van der Waals surface area contributed by atoms with E-state index in [1.807, 2.05) is 31.3 Å². The predicted octanol–water partition coefficient (Wildman–Crippen LogP) is 0.948. The van der Waals surface area contributed by atoms with Crippen molar-refractivity contribution < 1.29 is 9.84 Å². The summed E-state index contributed by atoms with van der Waals surface area (Å²) in [6, 6.07) is 7.66. The van der Waals surface area contributed by atoms with Gasteiger partial charge >= 0.3 is 0 Å². The van der Waals surface area contributed by atoms with Crippen LogP contribution in [-0.4, -0.2) is 25.3 Å². The molecule has 0 aromatic heterocycles. The maximum Gasteiger partial charge on any atom is 0.125 e. The molecule has 0 fully saturated rings. The van der Waals surface area contributed by atoms with Crippen molar-refractivity contribution in [3.05, 3.63) is 29.8 Å². The molecule has 0 bridgehead atoms. The maximum atomic E-state index is 10.0. The van der Waals surface area contributed by atoms with Gasteiger partial charge in [0.05, 0.1) is 12.7 Å². The van der Waals surface area contributed by atoms with Crippen molar-refractivity contribution in [3.63, 3.8) is 0 Å².